The van der Waals surface area contributed by atoms with Gasteiger partial charge in [0.25, 0.3) is 5.91 Å². The average molecular weight is 276 g/mol. The zero-order valence-electron chi connectivity index (χ0n) is 10.7. The summed E-state index contributed by atoms with van der Waals surface area (Å²) in [5.41, 5.74) is 0.700. The standard InChI is InChI=1S/C14H13FN2O3/c1-9(20-14(19)12-3-2-8-16-12)13(18)17-11-6-4-10(15)5-7-11/h2-9,16H,1H3,(H,17,18)/t9-/m1/s1. The van der Waals surface area contributed by atoms with Gasteiger partial charge in [0.15, 0.2) is 6.10 Å². The van der Waals surface area contributed by atoms with E-state index in [4.69, 9.17) is 4.74 Å². The molecule has 0 bridgehead atoms. The molecular weight excluding hydrogens is 263 g/mol. The Balaban J connectivity index is 1.92. The molecular formula is C14H13FN2O3. The number of ether oxygens (including phenoxy) is 1. The van der Waals surface area contributed by atoms with E-state index in [1.807, 2.05) is 0 Å². The Morgan fingerprint density at radius 2 is 1.95 bits per heavy atom. The zero-order valence-corrected chi connectivity index (χ0v) is 10.7. The Hall–Kier alpha value is -2.63. The van der Waals surface area contributed by atoms with Gasteiger partial charge in [-0.1, -0.05) is 0 Å². The Morgan fingerprint density at radius 1 is 1.25 bits per heavy atom. The number of benzene rings is 1. The first-order chi connectivity index (χ1) is 9.56. The summed E-state index contributed by atoms with van der Waals surface area (Å²) in [6.45, 7) is 1.46. The van der Waals surface area contributed by atoms with Gasteiger partial charge in [-0.15, -0.1) is 0 Å². The number of H-pyrrole nitrogens is 1. The molecule has 2 rings (SSSR count). The van der Waals surface area contributed by atoms with E-state index < -0.39 is 23.8 Å². The molecule has 0 spiro atoms. The van der Waals surface area contributed by atoms with Gasteiger partial charge in [0, 0.05) is 11.9 Å². The van der Waals surface area contributed by atoms with E-state index in [0.29, 0.717) is 5.69 Å². The minimum absolute atomic E-state index is 0.270. The number of rotatable bonds is 4. The summed E-state index contributed by atoms with van der Waals surface area (Å²) in [6, 6.07) is 8.50. The molecule has 1 aromatic carbocycles. The monoisotopic (exact) mass is 276 g/mol. The second-order valence-corrected chi connectivity index (χ2v) is 4.13. The smallest absolute Gasteiger partial charge is 0.355 e. The van der Waals surface area contributed by atoms with Crippen LogP contribution < -0.4 is 5.32 Å². The first-order valence-electron chi connectivity index (χ1n) is 5.97. The van der Waals surface area contributed by atoms with Crippen LogP contribution in [0.3, 0.4) is 0 Å². The van der Waals surface area contributed by atoms with Crippen molar-refractivity contribution < 1.29 is 18.7 Å². The number of hydrogen-bond acceptors (Lipinski definition) is 3. The van der Waals surface area contributed by atoms with Crippen LogP contribution in [0.4, 0.5) is 10.1 Å². The topological polar surface area (TPSA) is 71.2 Å². The van der Waals surface area contributed by atoms with E-state index in [9.17, 15) is 14.0 Å². The fourth-order valence-electron chi connectivity index (χ4n) is 1.51. The number of esters is 1. The third-order valence-corrected chi connectivity index (χ3v) is 2.58. The van der Waals surface area contributed by atoms with Crippen molar-refractivity contribution in [1.82, 2.24) is 4.98 Å². The predicted octanol–water partition coefficient (Wildman–Crippen LogP) is 2.34. The van der Waals surface area contributed by atoms with Crippen LogP contribution in [0.2, 0.25) is 0 Å². The van der Waals surface area contributed by atoms with Gasteiger partial charge in [-0.05, 0) is 43.3 Å². The first kappa shape index (κ1) is 13.8. The van der Waals surface area contributed by atoms with Crippen LogP contribution in [0.25, 0.3) is 0 Å². The van der Waals surface area contributed by atoms with Gasteiger partial charge >= 0.3 is 5.97 Å². The molecule has 5 nitrogen and oxygen atoms in total. The number of nitrogens with one attached hydrogen (secondary N) is 2. The molecule has 104 valence electrons. The molecule has 1 atom stereocenters. The van der Waals surface area contributed by atoms with Crippen molar-refractivity contribution in [3.63, 3.8) is 0 Å². The maximum atomic E-state index is 12.7. The van der Waals surface area contributed by atoms with Gasteiger partial charge in [0.2, 0.25) is 0 Å². The van der Waals surface area contributed by atoms with Crippen LogP contribution in [0.1, 0.15) is 17.4 Å². The highest BCUT2D eigenvalue weighted by Crippen LogP contribution is 2.10. The summed E-state index contributed by atoms with van der Waals surface area (Å²) < 4.78 is 17.7. The van der Waals surface area contributed by atoms with E-state index in [2.05, 4.69) is 10.3 Å². The molecule has 1 heterocycles. The molecule has 0 aliphatic carbocycles. The molecule has 0 saturated carbocycles. The molecule has 0 radical (unpaired) electrons. The van der Waals surface area contributed by atoms with Crippen molar-refractivity contribution in [1.29, 1.82) is 0 Å². The molecule has 1 aromatic heterocycles. The normalized spacial score (nSPS) is 11.7. The summed E-state index contributed by atoms with van der Waals surface area (Å²) >= 11 is 0. The van der Waals surface area contributed by atoms with E-state index >= 15 is 0 Å². The Bertz CT molecular complexity index is 593. The van der Waals surface area contributed by atoms with Gasteiger partial charge in [0.1, 0.15) is 11.5 Å². The van der Waals surface area contributed by atoms with Crippen LogP contribution in [0.15, 0.2) is 42.6 Å². The molecule has 0 fully saturated rings. The summed E-state index contributed by atoms with van der Waals surface area (Å²) in [7, 11) is 0. The van der Waals surface area contributed by atoms with Gasteiger partial charge < -0.3 is 15.0 Å². The predicted molar refractivity (Wildman–Crippen MR) is 70.7 cm³/mol. The summed E-state index contributed by atoms with van der Waals surface area (Å²) in [6.07, 6.45) is 0.621. The van der Waals surface area contributed by atoms with Crippen LogP contribution in [0, 0.1) is 5.82 Å². The lowest BCUT2D eigenvalue weighted by atomic mass is 10.3. The maximum absolute atomic E-state index is 12.7. The third kappa shape index (κ3) is 3.44. The van der Waals surface area contributed by atoms with Gasteiger partial charge in [-0.2, -0.15) is 0 Å². The van der Waals surface area contributed by atoms with Crippen LogP contribution in [-0.4, -0.2) is 23.0 Å². The maximum Gasteiger partial charge on any atom is 0.355 e. The second-order valence-electron chi connectivity index (χ2n) is 4.13. The van der Waals surface area contributed by atoms with Crippen LogP contribution >= 0.6 is 0 Å². The number of aromatic amines is 1. The fraction of sp³-hybridized carbons (Fsp3) is 0.143. The fourth-order valence-corrected chi connectivity index (χ4v) is 1.51. The highest BCUT2D eigenvalue weighted by molar-refractivity contribution is 5.96. The second kappa shape index (κ2) is 6.01. The number of carbonyl (C=O) groups is 2. The number of hydrogen-bond donors (Lipinski definition) is 2. The molecule has 0 aliphatic heterocycles. The van der Waals surface area contributed by atoms with Gasteiger partial charge in [-0.3, -0.25) is 4.79 Å². The van der Waals surface area contributed by atoms with Gasteiger partial charge in [0.05, 0.1) is 0 Å². The molecule has 0 saturated heterocycles. The zero-order chi connectivity index (χ0) is 14.5. The molecule has 2 N–H and O–H groups in total. The molecule has 20 heavy (non-hydrogen) atoms. The van der Waals surface area contributed by atoms with E-state index in [-0.39, 0.29) is 5.69 Å². The van der Waals surface area contributed by atoms with E-state index in [1.165, 1.54) is 31.2 Å². The lowest BCUT2D eigenvalue weighted by Gasteiger charge is -2.13. The van der Waals surface area contributed by atoms with Crippen LogP contribution in [0.5, 0.6) is 0 Å². The first-order valence-corrected chi connectivity index (χ1v) is 5.97. The summed E-state index contributed by atoms with van der Waals surface area (Å²) in [4.78, 5) is 26.1. The lowest BCUT2D eigenvalue weighted by molar-refractivity contribution is -0.123. The number of amides is 1. The third-order valence-electron chi connectivity index (χ3n) is 2.58. The van der Waals surface area contributed by atoms with E-state index in [0.717, 1.165) is 0 Å². The van der Waals surface area contributed by atoms with E-state index in [1.54, 1.807) is 18.3 Å². The molecule has 0 unspecified atom stereocenters. The van der Waals surface area contributed by atoms with Crippen LogP contribution in [-0.2, 0) is 9.53 Å². The summed E-state index contributed by atoms with van der Waals surface area (Å²) in [5.74, 6) is -1.50. The van der Waals surface area contributed by atoms with Crippen molar-refractivity contribution in [3.8, 4) is 0 Å². The molecule has 1 amide bonds. The summed E-state index contributed by atoms with van der Waals surface area (Å²) in [5, 5.41) is 2.53. The minimum atomic E-state index is -0.962. The Morgan fingerprint density at radius 3 is 2.55 bits per heavy atom. The van der Waals surface area contributed by atoms with Crippen molar-refractivity contribution in [2.24, 2.45) is 0 Å². The number of halogens is 1. The average Bonchev–Trinajstić information content (AvgIpc) is 2.95. The van der Waals surface area contributed by atoms with Crippen molar-refractivity contribution in [2.75, 3.05) is 5.32 Å². The number of anilines is 1. The number of carbonyl (C=O) groups excluding carboxylic acids is 2. The lowest BCUT2D eigenvalue weighted by Crippen LogP contribution is -2.30. The molecule has 2 aromatic rings. The Labute approximate surface area is 114 Å². The van der Waals surface area contributed by atoms with Gasteiger partial charge in [-0.25, -0.2) is 9.18 Å². The highest BCUT2D eigenvalue weighted by Gasteiger charge is 2.19. The highest BCUT2D eigenvalue weighted by atomic mass is 19.1. The van der Waals surface area contributed by atoms with Crippen molar-refractivity contribution >= 4 is 17.6 Å². The Kier molecular flexibility index (Phi) is 4.14. The minimum Gasteiger partial charge on any atom is -0.448 e. The van der Waals surface area contributed by atoms with Crippen molar-refractivity contribution in [3.05, 3.63) is 54.1 Å². The largest absolute Gasteiger partial charge is 0.448 e. The SMILES string of the molecule is C[C@@H](OC(=O)c1ccc[nH]1)C(=O)Nc1ccc(F)cc1. The molecule has 6 heteroatoms. The van der Waals surface area contributed by atoms with Crippen molar-refractivity contribution in [2.45, 2.75) is 13.0 Å². The molecule has 0 aliphatic rings. The number of aromatic nitrogens is 1. The quantitative estimate of drug-likeness (QED) is 0.842.